The van der Waals surface area contributed by atoms with Gasteiger partial charge >= 0.3 is 0 Å². The summed E-state index contributed by atoms with van der Waals surface area (Å²) in [5.41, 5.74) is 5.75. The number of hydrogen-bond donors (Lipinski definition) is 2. The van der Waals surface area contributed by atoms with E-state index in [4.69, 9.17) is 4.74 Å². The summed E-state index contributed by atoms with van der Waals surface area (Å²) < 4.78 is 5.56. The second kappa shape index (κ2) is 10.5. The summed E-state index contributed by atoms with van der Waals surface area (Å²) in [6, 6.07) is 21.3. The molecule has 0 saturated heterocycles. The Labute approximate surface area is 181 Å². The first kappa shape index (κ1) is 21.5. The number of hydrogen-bond acceptors (Lipinski definition) is 4. The molecule has 6 nitrogen and oxygen atoms in total. The van der Waals surface area contributed by atoms with Crippen LogP contribution in [0.4, 0.5) is 5.69 Å². The second-order valence-corrected chi connectivity index (χ2v) is 6.68. The molecule has 0 spiro atoms. The maximum atomic E-state index is 12.4. The van der Waals surface area contributed by atoms with E-state index in [9.17, 15) is 9.59 Å². The Kier molecular flexibility index (Phi) is 7.32. The first-order valence-corrected chi connectivity index (χ1v) is 9.71. The Bertz CT molecular complexity index is 1110. The first-order chi connectivity index (χ1) is 15.1. The number of benzene rings is 3. The summed E-state index contributed by atoms with van der Waals surface area (Å²) in [5.74, 6) is 0.0870. The molecule has 3 rings (SSSR count). The second-order valence-electron chi connectivity index (χ2n) is 6.68. The molecule has 0 atom stereocenters. The number of carbonyl (C=O) groups is 2. The average molecular weight is 413 g/mol. The number of amides is 2. The normalized spacial score (nSPS) is 10.5. The van der Waals surface area contributed by atoms with Gasteiger partial charge in [-0.05, 0) is 55.0 Å². The maximum Gasteiger partial charge on any atom is 0.271 e. The van der Waals surface area contributed by atoms with Crippen molar-refractivity contribution in [3.8, 4) is 5.75 Å². The van der Waals surface area contributed by atoms with Crippen LogP contribution in [-0.2, 0) is 0 Å². The van der Waals surface area contributed by atoms with E-state index in [1.807, 2.05) is 49.4 Å². The van der Waals surface area contributed by atoms with Crippen molar-refractivity contribution >= 4 is 23.7 Å². The SMILES string of the molecule is C=CCOc1ccccc1/C=N/NC(=O)c1ccc(NC(=O)c2ccccc2C)cc1. The van der Waals surface area contributed by atoms with E-state index in [2.05, 4.69) is 22.4 Å². The zero-order valence-electron chi connectivity index (χ0n) is 17.2. The minimum absolute atomic E-state index is 0.197. The van der Waals surface area contributed by atoms with Gasteiger partial charge in [0.1, 0.15) is 12.4 Å². The van der Waals surface area contributed by atoms with E-state index < -0.39 is 0 Å². The third-order valence-electron chi connectivity index (χ3n) is 4.44. The van der Waals surface area contributed by atoms with E-state index in [1.54, 1.807) is 36.4 Å². The van der Waals surface area contributed by atoms with Gasteiger partial charge in [-0.15, -0.1) is 0 Å². The number of rotatable bonds is 8. The van der Waals surface area contributed by atoms with Gasteiger partial charge in [0.2, 0.25) is 0 Å². The summed E-state index contributed by atoms with van der Waals surface area (Å²) in [5, 5.41) is 6.84. The van der Waals surface area contributed by atoms with Crippen molar-refractivity contribution in [3.63, 3.8) is 0 Å². The van der Waals surface area contributed by atoms with Gasteiger partial charge in [-0.3, -0.25) is 9.59 Å². The fraction of sp³-hybridized carbons (Fsp3) is 0.0800. The third kappa shape index (κ3) is 5.90. The molecule has 0 fully saturated rings. The lowest BCUT2D eigenvalue weighted by Gasteiger charge is -2.08. The molecule has 0 aliphatic heterocycles. The van der Waals surface area contributed by atoms with Gasteiger partial charge < -0.3 is 10.1 Å². The van der Waals surface area contributed by atoms with Crippen molar-refractivity contribution in [3.05, 3.63) is 108 Å². The molecule has 2 N–H and O–H groups in total. The lowest BCUT2D eigenvalue weighted by molar-refractivity contribution is 0.0954. The van der Waals surface area contributed by atoms with Crippen LogP contribution in [0.5, 0.6) is 5.75 Å². The molecule has 156 valence electrons. The molecule has 0 aliphatic carbocycles. The van der Waals surface area contributed by atoms with Crippen LogP contribution in [-0.4, -0.2) is 24.6 Å². The Hall–Kier alpha value is -4.19. The van der Waals surface area contributed by atoms with E-state index in [0.29, 0.717) is 29.2 Å². The molecule has 0 aromatic heterocycles. The van der Waals surface area contributed by atoms with E-state index in [-0.39, 0.29) is 11.8 Å². The summed E-state index contributed by atoms with van der Waals surface area (Å²) in [6.07, 6.45) is 3.18. The quantitative estimate of drug-likeness (QED) is 0.322. The van der Waals surface area contributed by atoms with Crippen LogP contribution < -0.4 is 15.5 Å². The fourth-order valence-corrected chi connectivity index (χ4v) is 2.82. The Morgan fingerprint density at radius 1 is 0.968 bits per heavy atom. The van der Waals surface area contributed by atoms with Gasteiger partial charge in [0, 0.05) is 22.4 Å². The molecular weight excluding hydrogens is 390 g/mol. The first-order valence-electron chi connectivity index (χ1n) is 9.71. The van der Waals surface area contributed by atoms with Gasteiger partial charge in [-0.1, -0.05) is 43.0 Å². The van der Waals surface area contributed by atoms with Crippen molar-refractivity contribution in [2.75, 3.05) is 11.9 Å². The topological polar surface area (TPSA) is 79.8 Å². The zero-order chi connectivity index (χ0) is 22.1. The molecule has 2 amide bonds. The van der Waals surface area contributed by atoms with Crippen LogP contribution in [0.2, 0.25) is 0 Å². The minimum Gasteiger partial charge on any atom is -0.489 e. The van der Waals surface area contributed by atoms with Gasteiger partial charge in [0.25, 0.3) is 11.8 Å². The van der Waals surface area contributed by atoms with Crippen LogP contribution >= 0.6 is 0 Å². The highest BCUT2D eigenvalue weighted by atomic mass is 16.5. The van der Waals surface area contributed by atoms with Gasteiger partial charge in [-0.2, -0.15) is 5.10 Å². The average Bonchev–Trinajstić information content (AvgIpc) is 2.79. The van der Waals surface area contributed by atoms with Crippen LogP contribution in [0.15, 0.2) is 90.6 Å². The number of nitrogens with zero attached hydrogens (tertiary/aromatic N) is 1. The molecule has 0 saturated carbocycles. The van der Waals surface area contributed by atoms with Gasteiger partial charge in [0.05, 0.1) is 6.21 Å². The Balaban J connectivity index is 1.59. The van der Waals surface area contributed by atoms with Crippen LogP contribution in [0.1, 0.15) is 31.8 Å². The monoisotopic (exact) mass is 413 g/mol. The standard InChI is InChI=1S/C25H23N3O3/c1-3-16-31-23-11-7-5-9-20(23)17-26-28-24(29)19-12-14-21(15-13-19)27-25(30)22-10-6-4-8-18(22)2/h3-15,17H,1,16H2,2H3,(H,27,30)(H,28,29)/b26-17+. The molecule has 0 bridgehead atoms. The largest absolute Gasteiger partial charge is 0.489 e. The zero-order valence-corrected chi connectivity index (χ0v) is 17.2. The summed E-state index contributed by atoms with van der Waals surface area (Å²) in [4.78, 5) is 24.7. The number of nitrogens with one attached hydrogen (secondary N) is 2. The highest BCUT2D eigenvalue weighted by Crippen LogP contribution is 2.16. The molecular formula is C25H23N3O3. The van der Waals surface area contributed by atoms with Crippen molar-refractivity contribution in [2.45, 2.75) is 6.92 Å². The van der Waals surface area contributed by atoms with Crippen molar-refractivity contribution in [1.29, 1.82) is 0 Å². The number of anilines is 1. The molecule has 3 aromatic carbocycles. The molecule has 6 heteroatoms. The van der Waals surface area contributed by atoms with Crippen molar-refractivity contribution in [2.24, 2.45) is 5.10 Å². The third-order valence-corrected chi connectivity index (χ3v) is 4.44. The lowest BCUT2D eigenvalue weighted by atomic mass is 10.1. The molecule has 0 aliphatic rings. The molecule has 0 unspecified atom stereocenters. The molecule has 0 heterocycles. The van der Waals surface area contributed by atoms with Crippen molar-refractivity contribution < 1.29 is 14.3 Å². The number of ether oxygens (including phenoxy) is 1. The maximum absolute atomic E-state index is 12.4. The minimum atomic E-state index is -0.363. The van der Waals surface area contributed by atoms with Crippen LogP contribution in [0, 0.1) is 6.92 Å². The Morgan fingerprint density at radius 3 is 2.42 bits per heavy atom. The van der Waals surface area contributed by atoms with E-state index in [1.165, 1.54) is 6.21 Å². The number of hydrazone groups is 1. The molecule has 0 radical (unpaired) electrons. The predicted octanol–water partition coefficient (Wildman–Crippen LogP) is 4.58. The van der Waals surface area contributed by atoms with Crippen molar-refractivity contribution in [1.82, 2.24) is 5.43 Å². The fourth-order valence-electron chi connectivity index (χ4n) is 2.82. The van der Waals surface area contributed by atoms with Gasteiger partial charge in [0.15, 0.2) is 0 Å². The van der Waals surface area contributed by atoms with E-state index >= 15 is 0 Å². The summed E-state index contributed by atoms with van der Waals surface area (Å²) in [6.45, 7) is 5.89. The lowest BCUT2D eigenvalue weighted by Crippen LogP contribution is -2.18. The summed E-state index contributed by atoms with van der Waals surface area (Å²) >= 11 is 0. The highest BCUT2D eigenvalue weighted by Gasteiger charge is 2.09. The number of para-hydroxylation sites is 1. The Morgan fingerprint density at radius 2 is 1.68 bits per heavy atom. The number of aryl methyl sites for hydroxylation is 1. The highest BCUT2D eigenvalue weighted by molar-refractivity contribution is 6.05. The summed E-state index contributed by atoms with van der Waals surface area (Å²) in [7, 11) is 0. The van der Waals surface area contributed by atoms with E-state index in [0.717, 1.165) is 11.1 Å². The van der Waals surface area contributed by atoms with Crippen LogP contribution in [0.25, 0.3) is 0 Å². The predicted molar refractivity (Wildman–Crippen MR) is 123 cm³/mol. The smallest absolute Gasteiger partial charge is 0.271 e. The molecule has 3 aromatic rings. The number of carbonyl (C=O) groups excluding carboxylic acids is 2. The molecule has 31 heavy (non-hydrogen) atoms. The van der Waals surface area contributed by atoms with Gasteiger partial charge in [-0.25, -0.2) is 5.43 Å². The van der Waals surface area contributed by atoms with Crippen LogP contribution in [0.3, 0.4) is 0 Å².